The number of nitrogens with zero attached hydrogens (tertiary/aromatic N) is 1. The maximum Gasteiger partial charge on any atom is 0.137 e. The van der Waals surface area contributed by atoms with Gasteiger partial charge in [-0.15, -0.1) is 0 Å². The molecule has 0 radical (unpaired) electrons. The van der Waals surface area contributed by atoms with Gasteiger partial charge in [0.15, 0.2) is 0 Å². The molecule has 0 N–H and O–H groups in total. The third kappa shape index (κ3) is 2.43. The second-order valence-electron chi connectivity index (χ2n) is 4.75. The van der Waals surface area contributed by atoms with Crippen LogP contribution in [0, 0.1) is 12.7 Å². The monoisotopic (exact) mass is 317 g/mol. The van der Waals surface area contributed by atoms with E-state index in [1.54, 1.807) is 0 Å². The summed E-state index contributed by atoms with van der Waals surface area (Å²) in [6, 6.07) is 13.7. The molecule has 0 aliphatic carbocycles. The van der Waals surface area contributed by atoms with Crippen LogP contribution >= 0.6 is 15.9 Å². The Bertz CT molecular complexity index is 746. The van der Waals surface area contributed by atoms with Crippen LogP contribution in [0.2, 0.25) is 0 Å². The Morgan fingerprint density at radius 1 is 1.11 bits per heavy atom. The summed E-state index contributed by atoms with van der Waals surface area (Å²) in [5.74, 6) is -0.225. The van der Waals surface area contributed by atoms with Crippen molar-refractivity contribution in [1.82, 2.24) is 4.57 Å². The van der Waals surface area contributed by atoms with Crippen LogP contribution < -0.4 is 0 Å². The fraction of sp³-hybridized carbons (Fsp3) is 0.125. The number of aryl methyl sites for hydroxylation is 1. The first-order chi connectivity index (χ1) is 9.13. The maximum atomic E-state index is 13.2. The highest BCUT2D eigenvalue weighted by molar-refractivity contribution is 9.10. The molecule has 0 bridgehead atoms. The van der Waals surface area contributed by atoms with Gasteiger partial charge in [0.1, 0.15) is 5.82 Å². The van der Waals surface area contributed by atoms with Crippen molar-refractivity contribution in [2.75, 3.05) is 0 Å². The van der Waals surface area contributed by atoms with Gasteiger partial charge in [-0.25, -0.2) is 4.39 Å². The minimum Gasteiger partial charge on any atom is -0.343 e. The van der Waals surface area contributed by atoms with E-state index in [4.69, 9.17) is 0 Å². The highest BCUT2D eigenvalue weighted by atomic mass is 79.9. The molecule has 96 valence electrons. The molecule has 0 amide bonds. The molecule has 0 atom stereocenters. The maximum absolute atomic E-state index is 13.2. The SMILES string of the molecule is Cc1ccc2ccn(Cc3ccc(F)c(Br)c3)c2c1. The van der Waals surface area contributed by atoms with E-state index in [1.165, 1.54) is 22.5 Å². The van der Waals surface area contributed by atoms with E-state index < -0.39 is 0 Å². The number of hydrogen-bond acceptors (Lipinski definition) is 0. The first-order valence-corrected chi connectivity index (χ1v) is 6.92. The van der Waals surface area contributed by atoms with Gasteiger partial charge in [0.2, 0.25) is 0 Å². The highest BCUT2D eigenvalue weighted by Gasteiger charge is 2.04. The number of benzene rings is 2. The summed E-state index contributed by atoms with van der Waals surface area (Å²) in [5.41, 5.74) is 3.53. The average molecular weight is 318 g/mol. The van der Waals surface area contributed by atoms with Gasteiger partial charge in [-0.05, 0) is 63.6 Å². The molecular formula is C16H13BrFN. The van der Waals surface area contributed by atoms with Gasteiger partial charge in [0.05, 0.1) is 4.47 Å². The average Bonchev–Trinajstić information content (AvgIpc) is 2.77. The van der Waals surface area contributed by atoms with Crippen molar-refractivity contribution in [1.29, 1.82) is 0 Å². The summed E-state index contributed by atoms with van der Waals surface area (Å²) in [5, 5.41) is 1.23. The standard InChI is InChI=1S/C16H13BrFN/c1-11-2-4-13-6-7-19(16(13)8-11)10-12-3-5-15(18)14(17)9-12/h2-9H,10H2,1H3. The Morgan fingerprint density at radius 2 is 1.95 bits per heavy atom. The Hall–Kier alpha value is -1.61. The molecule has 2 aromatic carbocycles. The quantitative estimate of drug-likeness (QED) is 0.633. The molecule has 0 fully saturated rings. The van der Waals surface area contributed by atoms with Gasteiger partial charge in [-0.3, -0.25) is 0 Å². The third-order valence-corrected chi connectivity index (χ3v) is 3.87. The minimum atomic E-state index is -0.225. The summed E-state index contributed by atoms with van der Waals surface area (Å²) < 4.78 is 15.9. The van der Waals surface area contributed by atoms with E-state index in [9.17, 15) is 4.39 Å². The Morgan fingerprint density at radius 3 is 2.74 bits per heavy atom. The molecule has 3 rings (SSSR count). The predicted molar refractivity (Wildman–Crippen MR) is 79.9 cm³/mol. The third-order valence-electron chi connectivity index (χ3n) is 3.27. The van der Waals surface area contributed by atoms with Crippen LogP contribution in [0.1, 0.15) is 11.1 Å². The van der Waals surface area contributed by atoms with Crippen molar-refractivity contribution in [3.05, 3.63) is 70.1 Å². The van der Waals surface area contributed by atoms with Crippen molar-refractivity contribution in [2.24, 2.45) is 0 Å². The van der Waals surface area contributed by atoms with Crippen LogP contribution in [0.5, 0.6) is 0 Å². The molecule has 0 aliphatic heterocycles. The number of hydrogen-bond donors (Lipinski definition) is 0. The van der Waals surface area contributed by atoms with Crippen molar-refractivity contribution in [3.8, 4) is 0 Å². The van der Waals surface area contributed by atoms with E-state index in [-0.39, 0.29) is 5.82 Å². The van der Waals surface area contributed by atoms with Crippen LogP contribution in [0.3, 0.4) is 0 Å². The van der Waals surface area contributed by atoms with Gasteiger partial charge in [0, 0.05) is 18.3 Å². The molecule has 0 saturated carbocycles. The smallest absolute Gasteiger partial charge is 0.137 e. The fourth-order valence-electron chi connectivity index (χ4n) is 2.27. The van der Waals surface area contributed by atoms with Crippen LogP contribution in [-0.4, -0.2) is 4.57 Å². The Labute approximate surface area is 119 Å². The van der Waals surface area contributed by atoms with Gasteiger partial charge in [-0.1, -0.05) is 18.2 Å². The van der Waals surface area contributed by atoms with Gasteiger partial charge < -0.3 is 4.57 Å². The lowest BCUT2D eigenvalue weighted by Gasteiger charge is -2.07. The van der Waals surface area contributed by atoms with E-state index in [0.717, 1.165) is 12.1 Å². The molecule has 0 unspecified atom stereocenters. The zero-order chi connectivity index (χ0) is 13.4. The number of aromatic nitrogens is 1. The van der Waals surface area contributed by atoms with Gasteiger partial charge >= 0.3 is 0 Å². The van der Waals surface area contributed by atoms with Crippen molar-refractivity contribution >= 4 is 26.8 Å². The van der Waals surface area contributed by atoms with E-state index in [2.05, 4.69) is 57.9 Å². The van der Waals surface area contributed by atoms with Gasteiger partial charge in [0.25, 0.3) is 0 Å². The van der Waals surface area contributed by atoms with Crippen LogP contribution in [-0.2, 0) is 6.54 Å². The van der Waals surface area contributed by atoms with Crippen LogP contribution in [0.4, 0.5) is 4.39 Å². The van der Waals surface area contributed by atoms with Crippen LogP contribution in [0.25, 0.3) is 10.9 Å². The first-order valence-electron chi connectivity index (χ1n) is 6.13. The van der Waals surface area contributed by atoms with E-state index in [0.29, 0.717) is 4.47 Å². The summed E-state index contributed by atoms with van der Waals surface area (Å²) >= 11 is 3.23. The molecule has 3 aromatic rings. The van der Waals surface area contributed by atoms with Gasteiger partial charge in [-0.2, -0.15) is 0 Å². The molecule has 1 heterocycles. The summed E-state index contributed by atoms with van der Waals surface area (Å²) in [7, 11) is 0. The highest BCUT2D eigenvalue weighted by Crippen LogP contribution is 2.21. The zero-order valence-electron chi connectivity index (χ0n) is 10.5. The molecule has 19 heavy (non-hydrogen) atoms. The zero-order valence-corrected chi connectivity index (χ0v) is 12.1. The fourth-order valence-corrected chi connectivity index (χ4v) is 2.69. The second-order valence-corrected chi connectivity index (χ2v) is 5.61. The van der Waals surface area contributed by atoms with Crippen molar-refractivity contribution in [3.63, 3.8) is 0 Å². The van der Waals surface area contributed by atoms with Crippen molar-refractivity contribution < 1.29 is 4.39 Å². The molecule has 0 aliphatic rings. The largest absolute Gasteiger partial charge is 0.343 e. The number of rotatable bonds is 2. The predicted octanol–water partition coefficient (Wildman–Crippen LogP) is 4.90. The molecule has 1 aromatic heterocycles. The summed E-state index contributed by atoms with van der Waals surface area (Å²) in [6.45, 7) is 2.83. The van der Waals surface area contributed by atoms with Crippen LogP contribution in [0.15, 0.2) is 53.1 Å². The molecule has 1 nitrogen and oxygen atoms in total. The number of halogens is 2. The first kappa shape index (κ1) is 12.4. The molecule has 3 heteroatoms. The van der Waals surface area contributed by atoms with E-state index in [1.807, 2.05) is 12.1 Å². The topological polar surface area (TPSA) is 4.93 Å². The van der Waals surface area contributed by atoms with E-state index >= 15 is 0 Å². The normalized spacial score (nSPS) is 11.1. The lowest BCUT2D eigenvalue weighted by Crippen LogP contribution is -1.98. The lowest BCUT2D eigenvalue weighted by atomic mass is 10.2. The minimum absolute atomic E-state index is 0.225. The van der Waals surface area contributed by atoms with Crippen molar-refractivity contribution in [2.45, 2.75) is 13.5 Å². The Kier molecular flexibility index (Phi) is 3.15. The number of fused-ring (bicyclic) bond motifs is 1. The summed E-state index contributed by atoms with van der Waals surface area (Å²) in [6.07, 6.45) is 2.07. The summed E-state index contributed by atoms with van der Waals surface area (Å²) in [4.78, 5) is 0. The lowest BCUT2D eigenvalue weighted by molar-refractivity contribution is 0.619. The molecule has 0 spiro atoms. The Balaban J connectivity index is 2.00. The second kappa shape index (κ2) is 4.82. The molecular weight excluding hydrogens is 305 g/mol. The molecule has 0 saturated heterocycles.